The summed E-state index contributed by atoms with van der Waals surface area (Å²) in [6, 6.07) is 22.2. The quantitative estimate of drug-likeness (QED) is 0.238. The van der Waals surface area contributed by atoms with E-state index in [9.17, 15) is 13.2 Å². The molecule has 33 heavy (non-hydrogen) atoms. The molecule has 0 aliphatic carbocycles. The lowest BCUT2D eigenvalue weighted by Crippen LogP contribution is -2.17. The van der Waals surface area contributed by atoms with Crippen molar-refractivity contribution in [2.45, 2.75) is 18.4 Å². The first kappa shape index (κ1) is 23.2. The SMILES string of the molecule is CCn1c(-c2ccc(OC(=O)c3ccccc3)cc2)cs/c1=N/S(=O)(=O)c1ccc(Br)cc1. The van der Waals surface area contributed by atoms with E-state index in [1.165, 1.54) is 23.5 Å². The first-order valence-electron chi connectivity index (χ1n) is 10.00. The topological polar surface area (TPSA) is 77.7 Å². The van der Waals surface area contributed by atoms with Gasteiger partial charge in [-0.05, 0) is 73.2 Å². The standard InChI is InChI=1S/C24H19BrN2O4S2/c1-2-27-22(16-32-24(27)26-33(29,30)21-14-10-19(25)11-15-21)17-8-12-20(13-9-17)31-23(28)18-6-4-3-5-7-18/h3-16H,2H2,1H3/b26-24+. The molecule has 0 unspecified atom stereocenters. The zero-order chi connectivity index (χ0) is 23.4. The molecule has 1 aromatic heterocycles. The molecule has 4 rings (SSSR count). The minimum atomic E-state index is -3.84. The first-order valence-corrected chi connectivity index (χ1v) is 13.1. The van der Waals surface area contributed by atoms with Gasteiger partial charge in [-0.2, -0.15) is 8.42 Å². The van der Waals surface area contributed by atoms with Crippen molar-refractivity contribution in [3.8, 4) is 17.0 Å². The van der Waals surface area contributed by atoms with Crippen LogP contribution in [0, 0.1) is 0 Å². The van der Waals surface area contributed by atoms with Crippen molar-refractivity contribution in [2.24, 2.45) is 4.40 Å². The van der Waals surface area contributed by atoms with Gasteiger partial charge in [0.25, 0.3) is 10.0 Å². The predicted molar refractivity (Wildman–Crippen MR) is 132 cm³/mol. The van der Waals surface area contributed by atoms with Crippen LogP contribution < -0.4 is 9.54 Å². The summed E-state index contributed by atoms with van der Waals surface area (Å²) in [5.74, 6) is -0.00431. The van der Waals surface area contributed by atoms with E-state index in [0.717, 1.165) is 15.7 Å². The number of sulfonamides is 1. The van der Waals surface area contributed by atoms with Gasteiger partial charge in [-0.25, -0.2) is 4.79 Å². The molecule has 0 spiro atoms. The fraction of sp³-hybridized carbons (Fsp3) is 0.0833. The molecule has 0 saturated carbocycles. The van der Waals surface area contributed by atoms with Crippen LogP contribution in [-0.4, -0.2) is 19.0 Å². The van der Waals surface area contributed by atoms with Crippen LogP contribution in [0.15, 0.2) is 98.0 Å². The van der Waals surface area contributed by atoms with Crippen molar-refractivity contribution in [3.63, 3.8) is 0 Å². The molecule has 0 aliphatic rings. The van der Waals surface area contributed by atoms with Crippen LogP contribution in [0.2, 0.25) is 0 Å². The predicted octanol–water partition coefficient (Wildman–Crippen LogP) is 5.51. The Kier molecular flexibility index (Phi) is 6.92. The number of esters is 1. The van der Waals surface area contributed by atoms with Gasteiger partial charge in [-0.15, -0.1) is 15.7 Å². The van der Waals surface area contributed by atoms with Gasteiger partial charge in [0, 0.05) is 16.4 Å². The summed E-state index contributed by atoms with van der Waals surface area (Å²) in [5.41, 5.74) is 2.16. The Morgan fingerprint density at radius 1 is 1.00 bits per heavy atom. The highest BCUT2D eigenvalue weighted by atomic mass is 79.9. The maximum atomic E-state index is 12.8. The van der Waals surface area contributed by atoms with Crippen molar-refractivity contribution >= 4 is 43.3 Å². The van der Waals surface area contributed by atoms with E-state index in [4.69, 9.17) is 4.74 Å². The van der Waals surface area contributed by atoms with Gasteiger partial charge in [0.05, 0.1) is 16.2 Å². The summed E-state index contributed by atoms with van der Waals surface area (Å²) in [4.78, 5) is 12.8. The Balaban J connectivity index is 1.61. The van der Waals surface area contributed by atoms with Crippen LogP contribution in [0.1, 0.15) is 17.3 Å². The largest absolute Gasteiger partial charge is 0.423 e. The van der Waals surface area contributed by atoms with Crippen molar-refractivity contribution in [3.05, 3.63) is 99.1 Å². The molecule has 0 bridgehead atoms. The number of rotatable bonds is 6. The molecule has 0 amide bonds. The van der Waals surface area contributed by atoms with Crippen LogP contribution >= 0.6 is 27.3 Å². The first-order chi connectivity index (χ1) is 15.9. The lowest BCUT2D eigenvalue weighted by Gasteiger charge is -2.08. The van der Waals surface area contributed by atoms with Gasteiger partial charge in [0.15, 0.2) is 0 Å². The molecular weight excluding hydrogens is 524 g/mol. The molecule has 0 atom stereocenters. The maximum absolute atomic E-state index is 12.8. The highest BCUT2D eigenvalue weighted by Gasteiger charge is 2.15. The number of aromatic nitrogens is 1. The maximum Gasteiger partial charge on any atom is 0.343 e. The van der Waals surface area contributed by atoms with Gasteiger partial charge in [-0.1, -0.05) is 34.1 Å². The number of halogens is 1. The Hall–Kier alpha value is -3.01. The molecule has 6 nitrogen and oxygen atoms in total. The van der Waals surface area contributed by atoms with Crippen LogP contribution in [0.5, 0.6) is 5.75 Å². The Morgan fingerprint density at radius 2 is 1.67 bits per heavy atom. The molecule has 4 aromatic rings. The van der Waals surface area contributed by atoms with E-state index in [1.807, 2.05) is 35.1 Å². The second kappa shape index (κ2) is 9.86. The molecule has 9 heteroatoms. The summed E-state index contributed by atoms with van der Waals surface area (Å²) >= 11 is 4.56. The van der Waals surface area contributed by atoms with Crippen molar-refractivity contribution in [1.82, 2.24) is 4.57 Å². The molecule has 0 radical (unpaired) electrons. The second-order valence-corrected chi connectivity index (χ2v) is 10.3. The fourth-order valence-corrected chi connectivity index (χ4v) is 5.59. The Labute approximate surface area is 204 Å². The van der Waals surface area contributed by atoms with E-state index in [2.05, 4.69) is 20.3 Å². The highest BCUT2D eigenvalue weighted by Crippen LogP contribution is 2.24. The smallest absolute Gasteiger partial charge is 0.343 e. The van der Waals surface area contributed by atoms with E-state index in [-0.39, 0.29) is 4.90 Å². The third kappa shape index (κ3) is 5.32. The molecule has 3 aromatic carbocycles. The molecule has 1 heterocycles. The average Bonchev–Trinajstić information content (AvgIpc) is 3.22. The van der Waals surface area contributed by atoms with Crippen LogP contribution in [0.3, 0.4) is 0 Å². The van der Waals surface area contributed by atoms with Gasteiger partial charge >= 0.3 is 5.97 Å². The summed E-state index contributed by atoms with van der Waals surface area (Å²) < 4.78 is 37.6. The van der Waals surface area contributed by atoms with Gasteiger partial charge in [0.2, 0.25) is 4.80 Å². The summed E-state index contributed by atoms with van der Waals surface area (Å²) in [5, 5.41) is 1.87. The van der Waals surface area contributed by atoms with E-state index < -0.39 is 16.0 Å². The summed E-state index contributed by atoms with van der Waals surface area (Å²) in [7, 11) is -3.84. The number of carbonyl (C=O) groups is 1. The number of hydrogen-bond donors (Lipinski definition) is 0. The molecule has 0 fully saturated rings. The van der Waals surface area contributed by atoms with E-state index >= 15 is 0 Å². The number of thiazole rings is 1. The van der Waals surface area contributed by atoms with Gasteiger partial charge in [-0.3, -0.25) is 0 Å². The number of carbonyl (C=O) groups excluding carboxylic acids is 1. The fourth-order valence-electron chi connectivity index (χ4n) is 3.14. The van der Waals surface area contributed by atoms with E-state index in [1.54, 1.807) is 48.5 Å². The zero-order valence-electron chi connectivity index (χ0n) is 17.5. The second-order valence-electron chi connectivity index (χ2n) is 6.95. The van der Waals surface area contributed by atoms with E-state index in [0.29, 0.717) is 22.7 Å². The van der Waals surface area contributed by atoms with Crippen LogP contribution in [0.25, 0.3) is 11.3 Å². The number of nitrogens with zero attached hydrogens (tertiary/aromatic N) is 2. The van der Waals surface area contributed by atoms with Crippen molar-refractivity contribution < 1.29 is 17.9 Å². The molecule has 0 aliphatic heterocycles. The van der Waals surface area contributed by atoms with Gasteiger partial charge in [0.1, 0.15) is 5.75 Å². The Bertz CT molecular complexity index is 1440. The Morgan fingerprint density at radius 3 is 2.30 bits per heavy atom. The summed E-state index contributed by atoms with van der Waals surface area (Å²) in [6.07, 6.45) is 0. The highest BCUT2D eigenvalue weighted by molar-refractivity contribution is 9.10. The molecule has 168 valence electrons. The number of ether oxygens (including phenoxy) is 1. The zero-order valence-corrected chi connectivity index (χ0v) is 20.7. The minimum Gasteiger partial charge on any atom is -0.423 e. The van der Waals surface area contributed by atoms with Crippen molar-refractivity contribution in [2.75, 3.05) is 0 Å². The van der Waals surface area contributed by atoms with Crippen LogP contribution in [-0.2, 0) is 16.6 Å². The molecular formula is C24H19BrN2O4S2. The van der Waals surface area contributed by atoms with Crippen LogP contribution in [0.4, 0.5) is 0 Å². The minimum absolute atomic E-state index is 0.132. The van der Waals surface area contributed by atoms with Gasteiger partial charge < -0.3 is 9.30 Å². The third-order valence-corrected chi connectivity index (χ3v) is 7.58. The molecule has 0 saturated heterocycles. The lowest BCUT2D eigenvalue weighted by molar-refractivity contribution is 0.0734. The third-order valence-electron chi connectivity index (χ3n) is 4.79. The normalized spacial score (nSPS) is 12.0. The molecule has 0 N–H and O–H groups in total. The number of hydrogen-bond acceptors (Lipinski definition) is 5. The lowest BCUT2D eigenvalue weighted by atomic mass is 10.1. The summed E-state index contributed by atoms with van der Waals surface area (Å²) in [6.45, 7) is 2.47. The monoisotopic (exact) mass is 542 g/mol. The number of benzene rings is 3. The average molecular weight is 543 g/mol. The van der Waals surface area contributed by atoms with Crippen molar-refractivity contribution in [1.29, 1.82) is 0 Å².